The minimum Gasteiger partial charge on any atom is -0.310 e. The third-order valence-electron chi connectivity index (χ3n) is 4.00. The Morgan fingerprint density at radius 2 is 1.70 bits per heavy atom. The van der Waals surface area contributed by atoms with Crippen molar-refractivity contribution in [2.75, 3.05) is 0 Å². The van der Waals surface area contributed by atoms with Crippen molar-refractivity contribution < 1.29 is 0 Å². The fourth-order valence-corrected chi connectivity index (χ4v) is 2.85. The van der Waals surface area contributed by atoms with Gasteiger partial charge in [0, 0.05) is 12.6 Å². The van der Waals surface area contributed by atoms with E-state index in [1.165, 1.54) is 47.9 Å². The molecule has 1 aromatic carbocycles. The predicted molar refractivity (Wildman–Crippen MR) is 91.1 cm³/mol. The van der Waals surface area contributed by atoms with Crippen molar-refractivity contribution >= 4 is 5.57 Å². The van der Waals surface area contributed by atoms with Crippen LogP contribution in [0, 0.1) is 13.8 Å². The van der Waals surface area contributed by atoms with Gasteiger partial charge in [-0.15, -0.1) is 0 Å². The van der Waals surface area contributed by atoms with E-state index in [4.69, 9.17) is 0 Å². The van der Waals surface area contributed by atoms with E-state index in [0.29, 0.717) is 6.04 Å². The molecule has 0 aromatic heterocycles. The van der Waals surface area contributed by atoms with Gasteiger partial charge >= 0.3 is 0 Å². The molecule has 112 valence electrons. The summed E-state index contributed by atoms with van der Waals surface area (Å²) in [4.78, 5) is 0. The summed E-state index contributed by atoms with van der Waals surface area (Å²) in [5, 5.41) is 3.73. The van der Waals surface area contributed by atoms with Gasteiger partial charge in [-0.1, -0.05) is 44.9 Å². The Morgan fingerprint density at radius 3 is 2.20 bits per heavy atom. The van der Waals surface area contributed by atoms with Crippen molar-refractivity contribution in [2.45, 2.75) is 72.9 Å². The van der Waals surface area contributed by atoms with Crippen LogP contribution in [-0.4, -0.2) is 6.04 Å². The molecule has 0 fully saturated rings. The first-order valence-corrected chi connectivity index (χ1v) is 7.98. The van der Waals surface area contributed by atoms with Crippen LogP contribution in [0.4, 0.5) is 0 Å². The molecule has 0 aliphatic rings. The molecule has 0 aliphatic heterocycles. The summed E-state index contributed by atoms with van der Waals surface area (Å²) in [6.07, 6.45) is 5.04. The molecule has 0 heterocycles. The van der Waals surface area contributed by atoms with Crippen molar-refractivity contribution in [2.24, 2.45) is 0 Å². The van der Waals surface area contributed by atoms with E-state index in [0.717, 1.165) is 12.1 Å². The van der Waals surface area contributed by atoms with Gasteiger partial charge in [-0.3, -0.25) is 0 Å². The van der Waals surface area contributed by atoms with E-state index in [-0.39, 0.29) is 0 Å². The van der Waals surface area contributed by atoms with Crippen molar-refractivity contribution in [1.82, 2.24) is 5.32 Å². The minimum absolute atomic E-state index is 0.652. The van der Waals surface area contributed by atoms with Crippen molar-refractivity contribution in [3.63, 3.8) is 0 Å². The molecule has 1 aromatic rings. The van der Waals surface area contributed by atoms with Gasteiger partial charge in [0.1, 0.15) is 0 Å². The van der Waals surface area contributed by atoms with Crippen molar-refractivity contribution in [3.05, 3.63) is 41.0 Å². The van der Waals surface area contributed by atoms with Crippen LogP contribution in [-0.2, 0) is 6.54 Å². The number of hydrogen-bond donors (Lipinski definition) is 1. The van der Waals surface area contributed by atoms with Gasteiger partial charge in [-0.25, -0.2) is 0 Å². The third-order valence-corrected chi connectivity index (χ3v) is 4.00. The highest BCUT2D eigenvalue weighted by Crippen LogP contribution is 2.22. The van der Waals surface area contributed by atoms with Gasteiger partial charge < -0.3 is 5.32 Å². The van der Waals surface area contributed by atoms with E-state index >= 15 is 0 Å². The lowest BCUT2D eigenvalue weighted by Crippen LogP contribution is -2.28. The molecule has 0 unspecified atom stereocenters. The summed E-state index contributed by atoms with van der Waals surface area (Å²) in [6, 6.07) is 5.25. The second kappa shape index (κ2) is 8.26. The molecule has 0 saturated carbocycles. The average molecular weight is 273 g/mol. The summed E-state index contributed by atoms with van der Waals surface area (Å²) in [7, 11) is 0. The van der Waals surface area contributed by atoms with Crippen LogP contribution < -0.4 is 5.32 Å². The first-order chi connectivity index (χ1) is 9.49. The summed E-state index contributed by atoms with van der Waals surface area (Å²) in [6.45, 7) is 16.1. The zero-order valence-corrected chi connectivity index (χ0v) is 14.0. The molecule has 0 saturated heterocycles. The number of benzene rings is 1. The Labute approximate surface area is 125 Å². The number of hydrogen-bond acceptors (Lipinski definition) is 1. The zero-order valence-electron chi connectivity index (χ0n) is 14.0. The number of aryl methyl sites for hydroxylation is 2. The van der Waals surface area contributed by atoms with Gasteiger partial charge in [-0.05, 0) is 61.9 Å². The van der Waals surface area contributed by atoms with E-state index in [9.17, 15) is 0 Å². The third kappa shape index (κ3) is 4.79. The van der Waals surface area contributed by atoms with Gasteiger partial charge in [0.25, 0.3) is 0 Å². The fraction of sp³-hybridized carbons (Fsp3) is 0.579. The minimum atomic E-state index is 0.652. The van der Waals surface area contributed by atoms with Crippen LogP contribution in [0.3, 0.4) is 0 Å². The fourth-order valence-electron chi connectivity index (χ4n) is 2.85. The normalized spacial score (nSPS) is 11.1. The lowest BCUT2D eigenvalue weighted by Gasteiger charge is -2.19. The standard InChI is InChI=1S/C19H31N/c1-7-9-18(10-8-2)20-13-17-12-19(14(3)4)16(6)11-15(17)5/h11-12,18,20H,3,7-10,13H2,1-2,4-6H3. The molecule has 20 heavy (non-hydrogen) atoms. The number of rotatable bonds is 8. The molecule has 0 atom stereocenters. The molecule has 0 radical (unpaired) electrons. The SMILES string of the molecule is C=C(C)c1cc(CNC(CCC)CCC)c(C)cc1C. The van der Waals surface area contributed by atoms with Crippen molar-refractivity contribution in [3.8, 4) is 0 Å². The molecule has 1 nitrogen and oxygen atoms in total. The maximum atomic E-state index is 4.09. The van der Waals surface area contributed by atoms with Crippen LogP contribution in [0.15, 0.2) is 18.7 Å². The van der Waals surface area contributed by atoms with E-state index in [1.807, 2.05) is 0 Å². The maximum absolute atomic E-state index is 4.09. The van der Waals surface area contributed by atoms with E-state index in [1.54, 1.807) is 0 Å². The summed E-state index contributed by atoms with van der Waals surface area (Å²) < 4.78 is 0. The van der Waals surface area contributed by atoms with E-state index in [2.05, 4.69) is 58.6 Å². The summed E-state index contributed by atoms with van der Waals surface area (Å²) in [5.74, 6) is 0. The molecule has 0 bridgehead atoms. The largest absolute Gasteiger partial charge is 0.310 e. The second-order valence-electron chi connectivity index (χ2n) is 6.03. The maximum Gasteiger partial charge on any atom is 0.0210 e. The van der Waals surface area contributed by atoms with Gasteiger partial charge in [0.2, 0.25) is 0 Å². The Bertz CT molecular complexity index is 439. The molecule has 0 aliphatic carbocycles. The molecule has 1 heteroatoms. The Morgan fingerprint density at radius 1 is 1.10 bits per heavy atom. The van der Waals surface area contributed by atoms with Crippen LogP contribution in [0.25, 0.3) is 5.57 Å². The topological polar surface area (TPSA) is 12.0 Å². The first-order valence-electron chi connectivity index (χ1n) is 7.98. The molecule has 1 N–H and O–H groups in total. The zero-order chi connectivity index (χ0) is 15.1. The lowest BCUT2D eigenvalue weighted by atomic mass is 9.96. The van der Waals surface area contributed by atoms with Crippen molar-refractivity contribution in [1.29, 1.82) is 0 Å². The molecular weight excluding hydrogens is 242 g/mol. The van der Waals surface area contributed by atoms with Crippen LogP contribution in [0.5, 0.6) is 0 Å². The molecule has 1 rings (SSSR count). The Balaban J connectivity index is 2.81. The second-order valence-corrected chi connectivity index (χ2v) is 6.03. The highest BCUT2D eigenvalue weighted by atomic mass is 14.9. The highest BCUT2D eigenvalue weighted by Gasteiger charge is 2.09. The summed E-state index contributed by atoms with van der Waals surface area (Å²) >= 11 is 0. The lowest BCUT2D eigenvalue weighted by molar-refractivity contribution is 0.442. The quantitative estimate of drug-likeness (QED) is 0.669. The molecular formula is C19H31N. The summed E-state index contributed by atoms with van der Waals surface area (Å²) in [5.41, 5.74) is 6.58. The van der Waals surface area contributed by atoms with Gasteiger partial charge in [0.05, 0.1) is 0 Å². The van der Waals surface area contributed by atoms with Gasteiger partial charge in [-0.2, -0.15) is 0 Å². The Kier molecular flexibility index (Phi) is 7.01. The molecule has 0 amide bonds. The van der Waals surface area contributed by atoms with Crippen LogP contribution >= 0.6 is 0 Å². The first kappa shape index (κ1) is 17.0. The number of allylic oxidation sites excluding steroid dienone is 1. The number of nitrogens with one attached hydrogen (secondary N) is 1. The van der Waals surface area contributed by atoms with Crippen LogP contribution in [0.1, 0.15) is 68.7 Å². The smallest absolute Gasteiger partial charge is 0.0210 e. The monoisotopic (exact) mass is 273 g/mol. The molecule has 0 spiro atoms. The average Bonchev–Trinajstić information content (AvgIpc) is 2.37. The van der Waals surface area contributed by atoms with Gasteiger partial charge in [0.15, 0.2) is 0 Å². The predicted octanol–water partition coefficient (Wildman–Crippen LogP) is 5.39. The highest BCUT2D eigenvalue weighted by molar-refractivity contribution is 5.65. The van der Waals surface area contributed by atoms with E-state index < -0.39 is 0 Å². The Hall–Kier alpha value is -1.08. The van der Waals surface area contributed by atoms with Crippen LogP contribution in [0.2, 0.25) is 0 Å².